The van der Waals surface area contributed by atoms with Crippen molar-refractivity contribution >= 4 is 21.6 Å². The smallest absolute Gasteiger partial charge is 0.0399 e. The van der Waals surface area contributed by atoms with Gasteiger partial charge in [0.25, 0.3) is 0 Å². The largest absolute Gasteiger partial charge is 0.371 e. The van der Waals surface area contributed by atoms with Gasteiger partial charge in [0.1, 0.15) is 0 Å². The van der Waals surface area contributed by atoms with E-state index in [4.69, 9.17) is 0 Å². The first kappa shape index (κ1) is 15.8. The van der Waals surface area contributed by atoms with E-state index in [9.17, 15) is 0 Å². The second-order valence-corrected chi connectivity index (χ2v) is 7.20. The summed E-state index contributed by atoms with van der Waals surface area (Å²) in [5.41, 5.74) is 2.89. The number of rotatable bonds is 6. The van der Waals surface area contributed by atoms with Gasteiger partial charge in [0.2, 0.25) is 0 Å². The van der Waals surface area contributed by atoms with Crippen LogP contribution in [-0.4, -0.2) is 26.2 Å². The first-order valence-electron chi connectivity index (χ1n) is 7.84. The standard InChI is InChI=1S/C17H27BrN2/c1-4-15-9-16(18)5-6-17(15)20-8-7-14(12-20)11-19-10-13(2)3/h5-6,9,13-14,19H,4,7-8,10-12H2,1-3H3. The maximum absolute atomic E-state index is 3.60. The monoisotopic (exact) mass is 338 g/mol. The lowest BCUT2D eigenvalue weighted by atomic mass is 10.1. The van der Waals surface area contributed by atoms with Gasteiger partial charge in [0, 0.05) is 23.2 Å². The molecule has 0 amide bonds. The second kappa shape index (κ2) is 7.46. The highest BCUT2D eigenvalue weighted by molar-refractivity contribution is 9.10. The minimum absolute atomic E-state index is 0.741. The van der Waals surface area contributed by atoms with Crippen LogP contribution in [0.25, 0.3) is 0 Å². The van der Waals surface area contributed by atoms with Gasteiger partial charge in [-0.15, -0.1) is 0 Å². The molecule has 0 spiro atoms. The summed E-state index contributed by atoms with van der Waals surface area (Å²) in [6, 6.07) is 6.70. The van der Waals surface area contributed by atoms with Crippen LogP contribution in [-0.2, 0) is 6.42 Å². The minimum Gasteiger partial charge on any atom is -0.371 e. The Bertz CT molecular complexity index is 431. The first-order chi connectivity index (χ1) is 9.60. The predicted molar refractivity (Wildman–Crippen MR) is 91.5 cm³/mol. The molecule has 1 atom stereocenters. The molecule has 1 saturated heterocycles. The van der Waals surface area contributed by atoms with E-state index in [0.29, 0.717) is 0 Å². The van der Waals surface area contributed by atoms with Crippen molar-refractivity contribution in [2.45, 2.75) is 33.6 Å². The molecule has 1 aliphatic rings. The highest BCUT2D eigenvalue weighted by atomic mass is 79.9. The van der Waals surface area contributed by atoms with Crippen molar-refractivity contribution < 1.29 is 0 Å². The van der Waals surface area contributed by atoms with Gasteiger partial charge in [-0.3, -0.25) is 0 Å². The molecule has 1 unspecified atom stereocenters. The molecule has 0 aromatic heterocycles. The Kier molecular flexibility index (Phi) is 5.91. The van der Waals surface area contributed by atoms with Crippen LogP contribution in [0, 0.1) is 11.8 Å². The predicted octanol–water partition coefficient (Wildman–Crippen LogP) is 4.08. The Balaban J connectivity index is 1.92. The topological polar surface area (TPSA) is 15.3 Å². The molecule has 0 saturated carbocycles. The van der Waals surface area contributed by atoms with Crippen molar-refractivity contribution in [3.63, 3.8) is 0 Å². The first-order valence-corrected chi connectivity index (χ1v) is 8.63. The summed E-state index contributed by atoms with van der Waals surface area (Å²) in [6.45, 7) is 11.5. The zero-order chi connectivity index (χ0) is 14.5. The van der Waals surface area contributed by atoms with Crippen LogP contribution < -0.4 is 10.2 Å². The number of hydrogen-bond donors (Lipinski definition) is 1. The van der Waals surface area contributed by atoms with Gasteiger partial charge in [-0.25, -0.2) is 0 Å². The van der Waals surface area contributed by atoms with Crippen LogP contribution in [0.4, 0.5) is 5.69 Å². The van der Waals surface area contributed by atoms with E-state index in [2.05, 4.69) is 65.1 Å². The van der Waals surface area contributed by atoms with Crippen molar-refractivity contribution in [1.82, 2.24) is 5.32 Å². The molecule has 112 valence electrons. The third-order valence-corrected chi connectivity index (χ3v) is 4.53. The second-order valence-electron chi connectivity index (χ2n) is 6.28. The van der Waals surface area contributed by atoms with Gasteiger partial charge in [-0.2, -0.15) is 0 Å². The van der Waals surface area contributed by atoms with Crippen LogP contribution in [0.15, 0.2) is 22.7 Å². The average molecular weight is 339 g/mol. The van der Waals surface area contributed by atoms with Crippen LogP contribution >= 0.6 is 15.9 Å². The third kappa shape index (κ3) is 4.23. The van der Waals surface area contributed by atoms with E-state index >= 15 is 0 Å². The number of halogens is 1. The molecule has 1 aliphatic heterocycles. The Morgan fingerprint density at radius 2 is 2.20 bits per heavy atom. The molecule has 0 radical (unpaired) electrons. The Hall–Kier alpha value is -0.540. The number of nitrogens with zero attached hydrogens (tertiary/aromatic N) is 1. The molecule has 20 heavy (non-hydrogen) atoms. The molecular formula is C17H27BrN2. The summed E-state index contributed by atoms with van der Waals surface area (Å²) in [5, 5.41) is 3.60. The number of hydrogen-bond acceptors (Lipinski definition) is 2. The summed E-state index contributed by atoms with van der Waals surface area (Å²) < 4.78 is 1.19. The normalized spacial score (nSPS) is 19.1. The number of aryl methyl sites for hydroxylation is 1. The van der Waals surface area contributed by atoms with Gasteiger partial charge < -0.3 is 10.2 Å². The summed E-state index contributed by atoms with van der Waals surface area (Å²) >= 11 is 3.58. The molecular weight excluding hydrogens is 312 g/mol. The molecule has 0 bridgehead atoms. The van der Waals surface area contributed by atoms with Gasteiger partial charge >= 0.3 is 0 Å². The molecule has 2 nitrogen and oxygen atoms in total. The van der Waals surface area contributed by atoms with Crippen molar-refractivity contribution in [1.29, 1.82) is 0 Å². The van der Waals surface area contributed by atoms with Crippen LogP contribution in [0.5, 0.6) is 0 Å². The molecule has 1 fully saturated rings. The van der Waals surface area contributed by atoms with Crippen molar-refractivity contribution in [2.75, 3.05) is 31.1 Å². The minimum atomic E-state index is 0.741. The zero-order valence-electron chi connectivity index (χ0n) is 13.0. The van der Waals surface area contributed by atoms with Crippen LogP contribution in [0.1, 0.15) is 32.8 Å². The van der Waals surface area contributed by atoms with Crippen molar-refractivity contribution in [3.05, 3.63) is 28.2 Å². The molecule has 1 aromatic carbocycles. The van der Waals surface area contributed by atoms with Gasteiger partial charge in [0.05, 0.1) is 0 Å². The lowest BCUT2D eigenvalue weighted by molar-refractivity contribution is 0.477. The van der Waals surface area contributed by atoms with Gasteiger partial charge in [0.15, 0.2) is 0 Å². The highest BCUT2D eigenvalue weighted by Gasteiger charge is 2.23. The third-order valence-electron chi connectivity index (χ3n) is 4.03. The Morgan fingerprint density at radius 3 is 2.90 bits per heavy atom. The summed E-state index contributed by atoms with van der Waals surface area (Å²) in [7, 11) is 0. The van der Waals surface area contributed by atoms with E-state index in [1.54, 1.807) is 0 Å². The average Bonchev–Trinajstić information content (AvgIpc) is 2.86. The maximum atomic E-state index is 3.60. The molecule has 1 aromatic rings. The lowest BCUT2D eigenvalue weighted by Gasteiger charge is -2.22. The van der Waals surface area contributed by atoms with Gasteiger partial charge in [-0.1, -0.05) is 36.7 Å². The van der Waals surface area contributed by atoms with Crippen LogP contribution in [0.3, 0.4) is 0 Å². The molecule has 2 rings (SSSR count). The molecule has 1 N–H and O–H groups in total. The number of anilines is 1. The fourth-order valence-electron chi connectivity index (χ4n) is 2.94. The lowest BCUT2D eigenvalue weighted by Crippen LogP contribution is -2.29. The van der Waals surface area contributed by atoms with E-state index in [0.717, 1.165) is 31.3 Å². The summed E-state index contributed by atoms with van der Waals surface area (Å²) in [5.74, 6) is 1.53. The molecule has 0 aliphatic carbocycles. The van der Waals surface area contributed by atoms with Crippen molar-refractivity contribution in [2.24, 2.45) is 11.8 Å². The Labute approximate surface area is 132 Å². The van der Waals surface area contributed by atoms with E-state index in [-0.39, 0.29) is 0 Å². The van der Waals surface area contributed by atoms with Gasteiger partial charge in [-0.05, 0) is 61.5 Å². The maximum Gasteiger partial charge on any atom is 0.0399 e. The number of benzene rings is 1. The summed E-state index contributed by atoms with van der Waals surface area (Å²) in [6.07, 6.45) is 2.41. The van der Waals surface area contributed by atoms with Crippen molar-refractivity contribution in [3.8, 4) is 0 Å². The van der Waals surface area contributed by atoms with E-state index in [1.807, 2.05) is 0 Å². The fourth-order valence-corrected chi connectivity index (χ4v) is 3.35. The quantitative estimate of drug-likeness (QED) is 0.840. The molecule has 3 heteroatoms. The highest BCUT2D eigenvalue weighted by Crippen LogP contribution is 2.29. The summed E-state index contributed by atoms with van der Waals surface area (Å²) in [4.78, 5) is 2.56. The fraction of sp³-hybridized carbons (Fsp3) is 0.647. The molecule has 1 heterocycles. The van der Waals surface area contributed by atoms with E-state index in [1.165, 1.54) is 35.2 Å². The Morgan fingerprint density at radius 1 is 1.40 bits per heavy atom. The van der Waals surface area contributed by atoms with Crippen LogP contribution in [0.2, 0.25) is 0 Å². The van der Waals surface area contributed by atoms with E-state index < -0.39 is 0 Å². The SMILES string of the molecule is CCc1cc(Br)ccc1N1CCC(CNCC(C)C)C1. The number of nitrogens with one attached hydrogen (secondary N) is 1. The zero-order valence-corrected chi connectivity index (χ0v) is 14.5.